The number of hydrogen-bond donors (Lipinski definition) is 2. The first-order valence-corrected chi connectivity index (χ1v) is 9.71. The third kappa shape index (κ3) is 4.12. The van der Waals surface area contributed by atoms with Crippen molar-refractivity contribution >= 4 is 67.5 Å². The maximum absolute atomic E-state index is 12.5. The van der Waals surface area contributed by atoms with Gasteiger partial charge in [-0.05, 0) is 42.7 Å². The standard InChI is InChI=1S/C17H14ClN3O2S2/c1-9(22)19-10-3-6-14-15(7-10)25-17(20-14)21-16(23)12-8-11(24-2)4-5-13(12)18/h3-8H,1-2H3,(H,19,22)(H,20,21,23). The fourth-order valence-corrected chi connectivity index (χ4v) is 3.77. The van der Waals surface area contributed by atoms with Crippen molar-refractivity contribution in [3.8, 4) is 0 Å². The summed E-state index contributed by atoms with van der Waals surface area (Å²) in [6.45, 7) is 1.45. The predicted octanol–water partition coefficient (Wildman–Crippen LogP) is 4.88. The number of anilines is 2. The molecule has 0 bridgehead atoms. The molecule has 2 amide bonds. The zero-order valence-electron chi connectivity index (χ0n) is 13.4. The molecule has 2 N–H and O–H groups in total. The monoisotopic (exact) mass is 391 g/mol. The molecule has 3 rings (SSSR count). The van der Waals surface area contributed by atoms with Gasteiger partial charge in [-0.3, -0.25) is 14.9 Å². The number of carbonyl (C=O) groups is 2. The van der Waals surface area contributed by atoms with E-state index in [1.807, 2.05) is 18.4 Å². The SMILES string of the molecule is CSc1ccc(Cl)c(C(=O)Nc2nc3ccc(NC(C)=O)cc3s2)c1. The van der Waals surface area contributed by atoms with Gasteiger partial charge in [0, 0.05) is 17.5 Å². The highest BCUT2D eigenvalue weighted by atomic mass is 35.5. The molecule has 0 aliphatic carbocycles. The molecular formula is C17H14ClN3O2S2. The van der Waals surface area contributed by atoms with E-state index in [4.69, 9.17) is 11.6 Å². The van der Waals surface area contributed by atoms with E-state index in [9.17, 15) is 9.59 Å². The summed E-state index contributed by atoms with van der Waals surface area (Å²) in [6, 6.07) is 10.7. The first kappa shape index (κ1) is 17.7. The van der Waals surface area contributed by atoms with Crippen LogP contribution in [-0.2, 0) is 4.79 Å². The molecule has 0 saturated heterocycles. The second kappa shape index (κ2) is 7.43. The Balaban J connectivity index is 1.85. The zero-order valence-corrected chi connectivity index (χ0v) is 15.8. The molecule has 0 aliphatic heterocycles. The summed E-state index contributed by atoms with van der Waals surface area (Å²) in [5, 5.41) is 6.38. The zero-order chi connectivity index (χ0) is 18.0. The predicted molar refractivity (Wildman–Crippen MR) is 105 cm³/mol. The number of thioether (sulfide) groups is 1. The van der Waals surface area contributed by atoms with Gasteiger partial charge in [0.1, 0.15) is 0 Å². The van der Waals surface area contributed by atoms with E-state index in [1.54, 1.807) is 24.3 Å². The van der Waals surface area contributed by atoms with Crippen LogP contribution in [0.25, 0.3) is 10.2 Å². The molecule has 1 aromatic heterocycles. The Morgan fingerprint density at radius 1 is 1.16 bits per heavy atom. The van der Waals surface area contributed by atoms with Crippen LogP contribution in [0.3, 0.4) is 0 Å². The van der Waals surface area contributed by atoms with E-state index in [0.717, 1.165) is 15.1 Å². The number of amides is 2. The van der Waals surface area contributed by atoms with E-state index in [2.05, 4.69) is 15.6 Å². The Morgan fingerprint density at radius 2 is 1.96 bits per heavy atom. The van der Waals surface area contributed by atoms with Crippen molar-refractivity contribution in [2.24, 2.45) is 0 Å². The van der Waals surface area contributed by atoms with Crippen molar-refractivity contribution in [3.05, 3.63) is 47.0 Å². The summed E-state index contributed by atoms with van der Waals surface area (Å²) in [5.74, 6) is -0.442. The van der Waals surface area contributed by atoms with Gasteiger partial charge in [0.25, 0.3) is 5.91 Å². The van der Waals surface area contributed by atoms with Gasteiger partial charge >= 0.3 is 0 Å². The summed E-state index contributed by atoms with van der Waals surface area (Å²) in [7, 11) is 0. The van der Waals surface area contributed by atoms with Crippen LogP contribution in [0, 0.1) is 0 Å². The van der Waals surface area contributed by atoms with Crippen molar-refractivity contribution in [1.29, 1.82) is 0 Å². The summed E-state index contributed by atoms with van der Waals surface area (Å²) < 4.78 is 0.866. The van der Waals surface area contributed by atoms with Gasteiger partial charge in [-0.2, -0.15) is 0 Å². The minimum atomic E-state index is -0.304. The number of thiazole rings is 1. The van der Waals surface area contributed by atoms with E-state index in [1.165, 1.54) is 30.0 Å². The molecule has 1 heterocycles. The van der Waals surface area contributed by atoms with Crippen LogP contribution >= 0.6 is 34.7 Å². The van der Waals surface area contributed by atoms with Crippen molar-refractivity contribution in [3.63, 3.8) is 0 Å². The quantitative estimate of drug-likeness (QED) is 0.621. The Labute approximate surface area is 157 Å². The van der Waals surface area contributed by atoms with Gasteiger partial charge in [0.15, 0.2) is 5.13 Å². The van der Waals surface area contributed by atoms with Gasteiger partial charge in [-0.1, -0.05) is 22.9 Å². The lowest BCUT2D eigenvalue weighted by molar-refractivity contribution is -0.114. The van der Waals surface area contributed by atoms with Gasteiger partial charge < -0.3 is 5.32 Å². The lowest BCUT2D eigenvalue weighted by Crippen LogP contribution is -2.12. The van der Waals surface area contributed by atoms with E-state index < -0.39 is 0 Å². The first-order valence-electron chi connectivity index (χ1n) is 7.29. The number of fused-ring (bicyclic) bond motifs is 1. The molecule has 2 aromatic carbocycles. The van der Waals surface area contributed by atoms with Crippen LogP contribution in [0.1, 0.15) is 17.3 Å². The molecule has 0 spiro atoms. The second-order valence-electron chi connectivity index (χ2n) is 5.18. The molecule has 5 nitrogen and oxygen atoms in total. The van der Waals surface area contributed by atoms with Crippen LogP contribution < -0.4 is 10.6 Å². The summed E-state index contributed by atoms with van der Waals surface area (Å²) in [4.78, 5) is 29.0. The molecule has 0 unspecified atom stereocenters. The topological polar surface area (TPSA) is 71.1 Å². The van der Waals surface area contributed by atoms with Crippen molar-refractivity contribution in [2.45, 2.75) is 11.8 Å². The normalized spacial score (nSPS) is 10.7. The lowest BCUT2D eigenvalue weighted by atomic mass is 10.2. The molecule has 8 heteroatoms. The summed E-state index contributed by atoms with van der Waals surface area (Å²) >= 11 is 9.01. The molecule has 0 saturated carbocycles. The minimum Gasteiger partial charge on any atom is -0.326 e. The van der Waals surface area contributed by atoms with Crippen molar-refractivity contribution in [2.75, 3.05) is 16.9 Å². The number of aromatic nitrogens is 1. The van der Waals surface area contributed by atoms with E-state index in [0.29, 0.717) is 21.4 Å². The largest absolute Gasteiger partial charge is 0.326 e. The third-order valence-electron chi connectivity index (χ3n) is 3.35. The maximum Gasteiger partial charge on any atom is 0.258 e. The van der Waals surface area contributed by atoms with Gasteiger partial charge in [0.2, 0.25) is 5.91 Å². The highest BCUT2D eigenvalue weighted by molar-refractivity contribution is 7.98. The molecule has 0 radical (unpaired) electrons. The molecular weight excluding hydrogens is 378 g/mol. The molecule has 0 aliphatic rings. The lowest BCUT2D eigenvalue weighted by Gasteiger charge is -2.05. The number of nitrogens with one attached hydrogen (secondary N) is 2. The highest BCUT2D eigenvalue weighted by Crippen LogP contribution is 2.30. The van der Waals surface area contributed by atoms with Crippen LogP contribution in [0.4, 0.5) is 10.8 Å². The van der Waals surface area contributed by atoms with Gasteiger partial charge in [-0.15, -0.1) is 11.8 Å². The number of rotatable bonds is 4. The summed E-state index contributed by atoms with van der Waals surface area (Å²) in [6.07, 6.45) is 1.94. The average Bonchev–Trinajstić information content (AvgIpc) is 2.96. The molecule has 25 heavy (non-hydrogen) atoms. The van der Waals surface area contributed by atoms with E-state index >= 15 is 0 Å². The maximum atomic E-state index is 12.5. The Bertz CT molecular complexity index is 972. The molecule has 0 fully saturated rings. The Morgan fingerprint density at radius 3 is 2.68 bits per heavy atom. The third-order valence-corrected chi connectivity index (χ3v) is 5.34. The Kier molecular flexibility index (Phi) is 5.27. The summed E-state index contributed by atoms with van der Waals surface area (Å²) in [5.41, 5.74) is 1.85. The van der Waals surface area contributed by atoms with Crippen LogP contribution in [-0.4, -0.2) is 23.1 Å². The fourth-order valence-electron chi connectivity index (χ4n) is 2.23. The first-order chi connectivity index (χ1) is 12.0. The number of halogens is 1. The van der Waals surface area contributed by atoms with Crippen molar-refractivity contribution in [1.82, 2.24) is 4.98 Å². The van der Waals surface area contributed by atoms with Gasteiger partial charge in [0.05, 0.1) is 20.8 Å². The highest BCUT2D eigenvalue weighted by Gasteiger charge is 2.14. The Hall–Kier alpha value is -2.09. The number of nitrogens with zero attached hydrogens (tertiary/aromatic N) is 1. The van der Waals surface area contributed by atoms with Crippen LogP contribution in [0.5, 0.6) is 0 Å². The second-order valence-corrected chi connectivity index (χ2v) is 7.50. The average molecular weight is 392 g/mol. The molecule has 0 atom stereocenters. The number of benzene rings is 2. The number of hydrogen-bond acceptors (Lipinski definition) is 5. The minimum absolute atomic E-state index is 0.138. The smallest absolute Gasteiger partial charge is 0.258 e. The van der Waals surface area contributed by atoms with Crippen LogP contribution in [0.15, 0.2) is 41.3 Å². The fraction of sp³-hybridized carbons (Fsp3) is 0.118. The molecule has 3 aromatic rings. The van der Waals surface area contributed by atoms with Gasteiger partial charge in [-0.25, -0.2) is 4.98 Å². The molecule has 128 valence electrons. The van der Waals surface area contributed by atoms with Crippen molar-refractivity contribution < 1.29 is 9.59 Å². The number of carbonyl (C=O) groups excluding carboxylic acids is 2. The van der Waals surface area contributed by atoms with Crippen LogP contribution in [0.2, 0.25) is 5.02 Å². The van der Waals surface area contributed by atoms with E-state index in [-0.39, 0.29) is 11.8 Å².